The Morgan fingerprint density at radius 3 is 2.61 bits per heavy atom. The second-order valence-electron chi connectivity index (χ2n) is 4.17. The van der Waals surface area contributed by atoms with E-state index < -0.39 is 0 Å². The Hall–Kier alpha value is -1.69. The summed E-state index contributed by atoms with van der Waals surface area (Å²) in [6.07, 6.45) is 0. The lowest BCUT2D eigenvalue weighted by atomic mass is 10.2. The van der Waals surface area contributed by atoms with Gasteiger partial charge in [-0.15, -0.1) is 0 Å². The smallest absolute Gasteiger partial charge is 0.271 e. The number of likely N-dealkylation sites (N-methyl/N-ethyl adjacent to an activating group) is 1. The van der Waals surface area contributed by atoms with E-state index in [9.17, 15) is 9.59 Å². The van der Waals surface area contributed by atoms with E-state index in [1.807, 2.05) is 6.92 Å². The molecule has 0 saturated heterocycles. The number of amides is 1. The van der Waals surface area contributed by atoms with Crippen LogP contribution < -0.4 is 10.9 Å². The standard InChI is InChI=1S/C12H20N4O2/c1-4-16(5-2)8-9(3)13-12(18)10-6-7-11(17)15-14-10/h6-7,9H,4-5,8H2,1-3H3,(H,13,18)(H,15,17). The van der Waals surface area contributed by atoms with Crippen molar-refractivity contribution >= 4 is 5.91 Å². The highest BCUT2D eigenvalue weighted by Crippen LogP contribution is 1.94. The maximum atomic E-state index is 11.8. The minimum Gasteiger partial charge on any atom is -0.347 e. The largest absolute Gasteiger partial charge is 0.347 e. The molecule has 0 spiro atoms. The van der Waals surface area contributed by atoms with Crippen molar-refractivity contribution in [1.29, 1.82) is 0 Å². The molecule has 0 aliphatic heterocycles. The third-order valence-corrected chi connectivity index (χ3v) is 2.72. The third kappa shape index (κ3) is 4.29. The molecular formula is C12H20N4O2. The molecule has 18 heavy (non-hydrogen) atoms. The van der Waals surface area contributed by atoms with Crippen LogP contribution in [0.15, 0.2) is 16.9 Å². The van der Waals surface area contributed by atoms with Gasteiger partial charge in [-0.3, -0.25) is 9.59 Å². The fourth-order valence-corrected chi connectivity index (χ4v) is 1.68. The van der Waals surface area contributed by atoms with Gasteiger partial charge in [0, 0.05) is 18.7 Å². The van der Waals surface area contributed by atoms with Gasteiger partial charge >= 0.3 is 0 Å². The van der Waals surface area contributed by atoms with Gasteiger partial charge in [0.25, 0.3) is 11.5 Å². The molecule has 1 aromatic rings. The predicted molar refractivity (Wildman–Crippen MR) is 69.6 cm³/mol. The number of H-pyrrole nitrogens is 1. The summed E-state index contributed by atoms with van der Waals surface area (Å²) in [6.45, 7) is 8.81. The van der Waals surface area contributed by atoms with E-state index in [0.29, 0.717) is 0 Å². The lowest BCUT2D eigenvalue weighted by molar-refractivity contribution is 0.0924. The molecule has 1 aromatic heterocycles. The Morgan fingerprint density at radius 1 is 1.44 bits per heavy atom. The number of aromatic nitrogens is 2. The molecule has 1 atom stereocenters. The molecular weight excluding hydrogens is 232 g/mol. The van der Waals surface area contributed by atoms with E-state index >= 15 is 0 Å². The van der Waals surface area contributed by atoms with Crippen LogP contribution in [0.1, 0.15) is 31.3 Å². The molecule has 1 rings (SSSR count). The molecule has 6 heteroatoms. The number of hydrogen-bond donors (Lipinski definition) is 2. The van der Waals surface area contributed by atoms with Crippen LogP contribution in [0.2, 0.25) is 0 Å². The summed E-state index contributed by atoms with van der Waals surface area (Å²) in [5, 5.41) is 8.78. The average Bonchev–Trinajstić information content (AvgIpc) is 2.36. The molecule has 100 valence electrons. The van der Waals surface area contributed by atoms with Gasteiger partial charge in [-0.05, 0) is 26.1 Å². The number of nitrogens with one attached hydrogen (secondary N) is 2. The van der Waals surface area contributed by atoms with Crippen molar-refractivity contribution in [2.24, 2.45) is 0 Å². The van der Waals surface area contributed by atoms with Gasteiger partial charge in [0.2, 0.25) is 0 Å². The second kappa shape index (κ2) is 6.90. The van der Waals surface area contributed by atoms with E-state index in [-0.39, 0.29) is 23.2 Å². The Kier molecular flexibility index (Phi) is 5.51. The Balaban J connectivity index is 2.54. The van der Waals surface area contributed by atoms with Crippen LogP contribution in [0.25, 0.3) is 0 Å². The summed E-state index contributed by atoms with van der Waals surface area (Å²) in [7, 11) is 0. The molecule has 0 saturated carbocycles. The Morgan fingerprint density at radius 2 is 2.11 bits per heavy atom. The molecule has 0 aromatic carbocycles. The van der Waals surface area contributed by atoms with Gasteiger partial charge in [0.15, 0.2) is 0 Å². The van der Waals surface area contributed by atoms with Crippen LogP contribution in [-0.2, 0) is 0 Å². The quantitative estimate of drug-likeness (QED) is 0.759. The first-order valence-electron chi connectivity index (χ1n) is 6.15. The first kappa shape index (κ1) is 14.4. The molecule has 1 amide bonds. The average molecular weight is 252 g/mol. The summed E-state index contributed by atoms with van der Waals surface area (Å²) < 4.78 is 0. The summed E-state index contributed by atoms with van der Waals surface area (Å²) in [6, 6.07) is 2.74. The number of nitrogens with zero attached hydrogens (tertiary/aromatic N) is 2. The van der Waals surface area contributed by atoms with E-state index in [0.717, 1.165) is 19.6 Å². The van der Waals surface area contributed by atoms with Crippen LogP contribution in [0.5, 0.6) is 0 Å². The predicted octanol–water partition coefficient (Wildman–Crippen LogP) is 0.230. The highest BCUT2D eigenvalue weighted by atomic mass is 16.2. The van der Waals surface area contributed by atoms with Crippen molar-refractivity contribution in [2.45, 2.75) is 26.8 Å². The SMILES string of the molecule is CCN(CC)CC(C)NC(=O)c1ccc(=O)[nH]n1. The van der Waals surface area contributed by atoms with Crippen molar-refractivity contribution in [1.82, 2.24) is 20.4 Å². The van der Waals surface area contributed by atoms with Crippen molar-refractivity contribution < 1.29 is 4.79 Å². The molecule has 0 radical (unpaired) electrons. The number of carbonyl (C=O) groups is 1. The van der Waals surface area contributed by atoms with E-state index in [2.05, 4.69) is 34.3 Å². The fraction of sp³-hybridized carbons (Fsp3) is 0.583. The monoisotopic (exact) mass is 252 g/mol. The maximum Gasteiger partial charge on any atom is 0.271 e. The fourth-order valence-electron chi connectivity index (χ4n) is 1.68. The number of rotatable bonds is 6. The van der Waals surface area contributed by atoms with Crippen LogP contribution in [0.3, 0.4) is 0 Å². The summed E-state index contributed by atoms with van der Waals surface area (Å²) in [5.74, 6) is -0.272. The summed E-state index contributed by atoms with van der Waals surface area (Å²) in [5.41, 5.74) is -0.0938. The normalized spacial score (nSPS) is 12.4. The molecule has 6 nitrogen and oxygen atoms in total. The van der Waals surface area contributed by atoms with Crippen molar-refractivity contribution in [3.63, 3.8) is 0 Å². The zero-order valence-corrected chi connectivity index (χ0v) is 11.1. The molecule has 0 bridgehead atoms. The molecule has 1 unspecified atom stereocenters. The molecule has 2 N–H and O–H groups in total. The number of hydrogen-bond acceptors (Lipinski definition) is 4. The Labute approximate surface area is 106 Å². The first-order chi connectivity index (χ1) is 8.56. The van der Waals surface area contributed by atoms with Crippen LogP contribution in [0, 0.1) is 0 Å². The zero-order chi connectivity index (χ0) is 13.5. The van der Waals surface area contributed by atoms with Gasteiger partial charge in [-0.25, -0.2) is 5.10 Å². The van der Waals surface area contributed by atoms with Crippen LogP contribution in [-0.4, -0.2) is 46.7 Å². The van der Waals surface area contributed by atoms with Gasteiger partial charge in [0.1, 0.15) is 5.69 Å². The highest BCUT2D eigenvalue weighted by molar-refractivity contribution is 5.92. The first-order valence-corrected chi connectivity index (χ1v) is 6.15. The summed E-state index contributed by atoms with van der Waals surface area (Å²) >= 11 is 0. The third-order valence-electron chi connectivity index (χ3n) is 2.72. The van der Waals surface area contributed by atoms with E-state index in [1.54, 1.807) is 0 Å². The minimum atomic E-state index is -0.317. The van der Waals surface area contributed by atoms with Crippen molar-refractivity contribution in [3.8, 4) is 0 Å². The van der Waals surface area contributed by atoms with Crippen LogP contribution >= 0.6 is 0 Å². The van der Waals surface area contributed by atoms with E-state index in [1.165, 1.54) is 12.1 Å². The second-order valence-corrected chi connectivity index (χ2v) is 4.17. The van der Waals surface area contributed by atoms with Gasteiger partial charge in [0.05, 0.1) is 0 Å². The van der Waals surface area contributed by atoms with Crippen molar-refractivity contribution in [3.05, 3.63) is 28.2 Å². The molecule has 0 aliphatic carbocycles. The van der Waals surface area contributed by atoms with E-state index in [4.69, 9.17) is 0 Å². The topological polar surface area (TPSA) is 78.1 Å². The van der Waals surface area contributed by atoms with Crippen LogP contribution in [0.4, 0.5) is 0 Å². The molecule has 0 aliphatic rings. The van der Waals surface area contributed by atoms with Gasteiger partial charge < -0.3 is 10.2 Å². The Bertz CT molecular complexity index is 419. The number of aromatic amines is 1. The lowest BCUT2D eigenvalue weighted by Gasteiger charge is -2.23. The maximum absolute atomic E-state index is 11.8. The highest BCUT2D eigenvalue weighted by Gasteiger charge is 2.13. The lowest BCUT2D eigenvalue weighted by Crippen LogP contribution is -2.42. The zero-order valence-electron chi connectivity index (χ0n) is 11.1. The van der Waals surface area contributed by atoms with Gasteiger partial charge in [-0.2, -0.15) is 5.10 Å². The minimum absolute atomic E-state index is 0.0335. The van der Waals surface area contributed by atoms with Crippen molar-refractivity contribution in [2.75, 3.05) is 19.6 Å². The molecule has 1 heterocycles. The summed E-state index contributed by atoms with van der Waals surface area (Å²) in [4.78, 5) is 24.9. The molecule has 0 fully saturated rings. The van der Waals surface area contributed by atoms with Gasteiger partial charge in [-0.1, -0.05) is 13.8 Å². The number of carbonyl (C=O) groups excluding carboxylic acids is 1.